The van der Waals surface area contributed by atoms with Gasteiger partial charge < -0.3 is 10.2 Å². The summed E-state index contributed by atoms with van der Waals surface area (Å²) in [4.78, 5) is 15.6. The second kappa shape index (κ2) is 5.61. The van der Waals surface area contributed by atoms with Crippen LogP contribution in [0.25, 0.3) is 0 Å². The van der Waals surface area contributed by atoms with Crippen molar-refractivity contribution < 1.29 is 4.92 Å². The number of aromatic nitrogens is 2. The van der Waals surface area contributed by atoms with Crippen LogP contribution in [0, 0.1) is 17.0 Å². The molecule has 3 rings (SSSR count). The molecule has 0 aliphatic carbocycles. The molecule has 3 heterocycles. The van der Waals surface area contributed by atoms with E-state index in [9.17, 15) is 10.1 Å². The van der Waals surface area contributed by atoms with Crippen LogP contribution in [0.5, 0.6) is 0 Å². The molecule has 0 saturated carbocycles. The highest BCUT2D eigenvalue weighted by atomic mass is 16.6. The van der Waals surface area contributed by atoms with Crippen molar-refractivity contribution >= 4 is 11.5 Å². The summed E-state index contributed by atoms with van der Waals surface area (Å²) in [5.41, 5.74) is 0.665. The van der Waals surface area contributed by atoms with Crippen LogP contribution in [0.3, 0.4) is 0 Å². The molecule has 1 N–H and O–H groups in total. The molecule has 0 spiro atoms. The summed E-state index contributed by atoms with van der Waals surface area (Å²) in [6.07, 6.45) is 0. The number of nitro groups is 1. The summed E-state index contributed by atoms with van der Waals surface area (Å²) in [5.74, 6) is 0.673. The van der Waals surface area contributed by atoms with Crippen LogP contribution in [0.2, 0.25) is 0 Å². The van der Waals surface area contributed by atoms with Crippen molar-refractivity contribution in [2.45, 2.75) is 26.4 Å². The summed E-state index contributed by atoms with van der Waals surface area (Å²) < 4.78 is 1.75. The number of nitrogens with zero attached hydrogens (tertiary/aromatic N) is 5. The Bertz CT molecular complexity index is 531. The standard InChI is InChI=1S/C13H22N6O2/c1-3-18-13(12(19(20)21)10(2)15-18)17-8-11(9-17)16-6-4-14-5-7-16/h11,14H,3-9H2,1-2H3. The average Bonchev–Trinajstić information content (AvgIpc) is 2.75. The average molecular weight is 294 g/mol. The molecule has 0 atom stereocenters. The predicted molar refractivity (Wildman–Crippen MR) is 79.7 cm³/mol. The van der Waals surface area contributed by atoms with Gasteiger partial charge in [-0.15, -0.1) is 0 Å². The van der Waals surface area contributed by atoms with Crippen LogP contribution in [0.1, 0.15) is 12.6 Å². The quantitative estimate of drug-likeness (QED) is 0.632. The number of aryl methyl sites for hydroxylation is 2. The second-order valence-electron chi connectivity index (χ2n) is 5.68. The minimum atomic E-state index is -0.304. The Morgan fingerprint density at radius 3 is 2.62 bits per heavy atom. The van der Waals surface area contributed by atoms with Crippen LogP contribution in [0.15, 0.2) is 0 Å². The molecule has 0 bridgehead atoms. The van der Waals surface area contributed by atoms with Crippen molar-refractivity contribution in [3.63, 3.8) is 0 Å². The normalized spacial score (nSPS) is 20.6. The van der Waals surface area contributed by atoms with E-state index < -0.39 is 0 Å². The van der Waals surface area contributed by atoms with Gasteiger partial charge in [-0.3, -0.25) is 15.0 Å². The summed E-state index contributed by atoms with van der Waals surface area (Å²) in [6.45, 7) is 10.2. The SMILES string of the molecule is CCn1nc(C)c([N+](=O)[O-])c1N1CC(N2CCNCC2)C1. The van der Waals surface area contributed by atoms with Gasteiger partial charge in [0.05, 0.1) is 4.92 Å². The lowest BCUT2D eigenvalue weighted by Gasteiger charge is -2.47. The van der Waals surface area contributed by atoms with Gasteiger partial charge in [-0.25, -0.2) is 4.68 Å². The van der Waals surface area contributed by atoms with Crippen molar-refractivity contribution in [1.82, 2.24) is 20.0 Å². The van der Waals surface area contributed by atoms with Crippen molar-refractivity contribution in [1.29, 1.82) is 0 Å². The van der Waals surface area contributed by atoms with Crippen molar-refractivity contribution in [3.8, 4) is 0 Å². The van der Waals surface area contributed by atoms with Gasteiger partial charge in [0.15, 0.2) is 0 Å². The number of rotatable bonds is 4. The first-order valence-corrected chi connectivity index (χ1v) is 7.53. The third kappa shape index (κ3) is 2.49. The molecule has 1 aromatic heterocycles. The Balaban J connectivity index is 1.75. The molecular formula is C13H22N6O2. The molecule has 0 amide bonds. The minimum absolute atomic E-state index is 0.163. The predicted octanol–water partition coefficient (Wildman–Crippen LogP) is 0.213. The molecule has 0 unspecified atom stereocenters. The first kappa shape index (κ1) is 14.3. The number of hydrogen-bond acceptors (Lipinski definition) is 6. The second-order valence-corrected chi connectivity index (χ2v) is 5.68. The number of piperazine rings is 1. The summed E-state index contributed by atoms with van der Waals surface area (Å²) >= 11 is 0. The van der Waals surface area contributed by atoms with Gasteiger partial charge in [-0.1, -0.05) is 0 Å². The Morgan fingerprint density at radius 2 is 2.05 bits per heavy atom. The van der Waals surface area contributed by atoms with E-state index in [-0.39, 0.29) is 10.6 Å². The van der Waals surface area contributed by atoms with E-state index in [2.05, 4.69) is 20.2 Å². The lowest BCUT2D eigenvalue weighted by molar-refractivity contribution is -0.384. The largest absolute Gasteiger partial charge is 0.348 e. The van der Waals surface area contributed by atoms with E-state index in [4.69, 9.17) is 0 Å². The van der Waals surface area contributed by atoms with Crippen molar-refractivity contribution in [3.05, 3.63) is 15.8 Å². The Hall–Kier alpha value is -1.67. The first-order chi connectivity index (χ1) is 10.1. The highest BCUT2D eigenvalue weighted by Crippen LogP contribution is 2.35. The molecular weight excluding hydrogens is 272 g/mol. The number of nitrogens with one attached hydrogen (secondary N) is 1. The lowest BCUT2D eigenvalue weighted by atomic mass is 10.1. The van der Waals surface area contributed by atoms with Crippen LogP contribution < -0.4 is 10.2 Å². The summed E-state index contributed by atoms with van der Waals surface area (Å²) in [5, 5.41) is 19.0. The molecule has 1 aromatic rings. The van der Waals surface area contributed by atoms with E-state index in [0.29, 0.717) is 24.1 Å². The van der Waals surface area contributed by atoms with Gasteiger partial charge in [0.2, 0.25) is 5.82 Å². The van der Waals surface area contributed by atoms with Gasteiger partial charge in [-0.05, 0) is 13.8 Å². The topological polar surface area (TPSA) is 79.5 Å². The summed E-state index contributed by atoms with van der Waals surface area (Å²) in [7, 11) is 0. The minimum Gasteiger partial charge on any atom is -0.348 e. The molecule has 116 valence electrons. The molecule has 8 heteroatoms. The molecule has 21 heavy (non-hydrogen) atoms. The van der Waals surface area contributed by atoms with Crippen LogP contribution in [0.4, 0.5) is 11.5 Å². The van der Waals surface area contributed by atoms with Gasteiger partial charge in [-0.2, -0.15) is 5.10 Å². The molecule has 0 radical (unpaired) electrons. The zero-order valence-electron chi connectivity index (χ0n) is 12.6. The highest BCUT2D eigenvalue weighted by Gasteiger charge is 2.38. The molecule has 8 nitrogen and oxygen atoms in total. The van der Waals surface area contributed by atoms with Crippen LogP contribution >= 0.6 is 0 Å². The third-order valence-electron chi connectivity index (χ3n) is 4.38. The number of hydrogen-bond donors (Lipinski definition) is 1. The lowest BCUT2D eigenvalue weighted by Crippen LogP contribution is -2.63. The molecule has 2 saturated heterocycles. The third-order valence-corrected chi connectivity index (χ3v) is 4.38. The molecule has 2 fully saturated rings. The fraction of sp³-hybridized carbons (Fsp3) is 0.769. The zero-order valence-corrected chi connectivity index (χ0v) is 12.6. The zero-order chi connectivity index (χ0) is 15.0. The molecule has 2 aliphatic rings. The monoisotopic (exact) mass is 294 g/mol. The van der Waals surface area contributed by atoms with E-state index in [1.807, 2.05) is 6.92 Å². The maximum atomic E-state index is 11.3. The smallest absolute Gasteiger partial charge is 0.333 e. The molecule has 0 aromatic carbocycles. The van der Waals surface area contributed by atoms with Gasteiger partial charge in [0.1, 0.15) is 5.69 Å². The Morgan fingerprint density at radius 1 is 1.38 bits per heavy atom. The molecule has 2 aliphatic heterocycles. The number of anilines is 1. The van der Waals surface area contributed by atoms with E-state index in [0.717, 1.165) is 39.3 Å². The van der Waals surface area contributed by atoms with Crippen LogP contribution in [-0.2, 0) is 6.54 Å². The van der Waals surface area contributed by atoms with E-state index in [1.54, 1.807) is 11.6 Å². The van der Waals surface area contributed by atoms with Crippen molar-refractivity contribution in [2.75, 3.05) is 44.2 Å². The van der Waals surface area contributed by atoms with Crippen molar-refractivity contribution in [2.24, 2.45) is 0 Å². The fourth-order valence-electron chi connectivity index (χ4n) is 3.21. The van der Waals surface area contributed by atoms with Gasteiger partial charge >= 0.3 is 5.69 Å². The highest BCUT2D eigenvalue weighted by molar-refractivity contribution is 5.63. The maximum absolute atomic E-state index is 11.3. The Labute approximate surface area is 123 Å². The maximum Gasteiger partial charge on any atom is 0.333 e. The van der Waals surface area contributed by atoms with Gasteiger partial charge in [0.25, 0.3) is 0 Å². The first-order valence-electron chi connectivity index (χ1n) is 7.53. The Kier molecular flexibility index (Phi) is 3.81. The van der Waals surface area contributed by atoms with E-state index >= 15 is 0 Å². The summed E-state index contributed by atoms with van der Waals surface area (Å²) in [6, 6.07) is 0.507. The van der Waals surface area contributed by atoms with Gasteiger partial charge in [0, 0.05) is 51.9 Å². The van der Waals surface area contributed by atoms with Crippen LogP contribution in [-0.4, -0.2) is 64.9 Å². The fourth-order valence-corrected chi connectivity index (χ4v) is 3.21. The van der Waals surface area contributed by atoms with E-state index in [1.165, 1.54) is 0 Å².